The average Bonchev–Trinajstić information content (AvgIpc) is 2.45. The monoisotopic (exact) mass is 324 g/mol. The van der Waals surface area contributed by atoms with Gasteiger partial charge in [-0.15, -0.1) is 0 Å². The quantitative estimate of drug-likeness (QED) is 0.850. The largest absolute Gasteiger partial charge is 0.416 e. The highest BCUT2D eigenvalue weighted by Crippen LogP contribution is 2.36. The zero-order chi connectivity index (χ0) is 15.5. The predicted molar refractivity (Wildman–Crippen MR) is 74.2 cm³/mol. The second-order valence-corrected chi connectivity index (χ2v) is 5.42. The highest BCUT2D eigenvalue weighted by molar-refractivity contribution is 6.31. The van der Waals surface area contributed by atoms with Crippen molar-refractivity contribution in [3.05, 3.63) is 34.3 Å². The van der Waals surface area contributed by atoms with E-state index >= 15 is 0 Å². The van der Waals surface area contributed by atoms with Crippen molar-refractivity contribution < 1.29 is 17.6 Å². The van der Waals surface area contributed by atoms with Crippen LogP contribution in [0.1, 0.15) is 23.6 Å². The van der Waals surface area contributed by atoms with Crippen LogP contribution in [0, 0.1) is 0 Å². The van der Waals surface area contributed by atoms with Crippen LogP contribution < -0.4 is 5.32 Å². The zero-order valence-corrected chi connectivity index (χ0v) is 12.1. The van der Waals surface area contributed by atoms with Crippen molar-refractivity contribution in [3.8, 4) is 0 Å². The van der Waals surface area contributed by atoms with Gasteiger partial charge in [-0.25, -0.2) is 0 Å². The Hall–Kier alpha value is -0.850. The summed E-state index contributed by atoms with van der Waals surface area (Å²) in [5.41, 5.74) is -0.396. The second kappa shape index (κ2) is 6.94. The fourth-order valence-corrected chi connectivity index (χ4v) is 2.85. The van der Waals surface area contributed by atoms with Crippen molar-refractivity contribution in [2.24, 2.45) is 0 Å². The van der Waals surface area contributed by atoms with Gasteiger partial charge in [0.05, 0.1) is 12.2 Å². The highest BCUT2D eigenvalue weighted by atomic mass is 35.5. The van der Waals surface area contributed by atoms with Crippen LogP contribution in [0.4, 0.5) is 17.6 Å². The van der Waals surface area contributed by atoms with Crippen molar-refractivity contribution in [2.45, 2.75) is 18.6 Å². The summed E-state index contributed by atoms with van der Waals surface area (Å²) in [7, 11) is 0. The first-order chi connectivity index (χ1) is 9.93. The summed E-state index contributed by atoms with van der Waals surface area (Å²) in [5, 5.41) is 3.41. The lowest BCUT2D eigenvalue weighted by Crippen LogP contribution is -2.45. The molecule has 7 heteroatoms. The van der Waals surface area contributed by atoms with Crippen molar-refractivity contribution in [3.63, 3.8) is 0 Å². The number of rotatable bonds is 4. The van der Waals surface area contributed by atoms with Gasteiger partial charge in [0.1, 0.15) is 0 Å². The minimum atomic E-state index is -4.43. The van der Waals surface area contributed by atoms with Crippen LogP contribution in [-0.2, 0) is 6.18 Å². The van der Waals surface area contributed by atoms with Crippen molar-refractivity contribution in [1.29, 1.82) is 0 Å². The molecular weight excluding hydrogens is 308 g/mol. The Balaban J connectivity index is 2.34. The molecule has 1 heterocycles. The van der Waals surface area contributed by atoms with Crippen LogP contribution in [0.25, 0.3) is 0 Å². The Kier molecular flexibility index (Phi) is 5.46. The van der Waals surface area contributed by atoms with Gasteiger partial charge < -0.3 is 5.32 Å². The second-order valence-electron chi connectivity index (χ2n) is 5.01. The maximum absolute atomic E-state index is 12.9. The molecule has 0 saturated carbocycles. The van der Waals surface area contributed by atoms with Crippen molar-refractivity contribution in [1.82, 2.24) is 10.2 Å². The van der Waals surface area contributed by atoms with E-state index in [1.165, 1.54) is 6.07 Å². The first-order valence-electron chi connectivity index (χ1n) is 6.81. The molecule has 2 rings (SSSR count). The van der Waals surface area contributed by atoms with E-state index in [-0.39, 0.29) is 11.4 Å². The molecule has 1 aliphatic heterocycles. The third-order valence-electron chi connectivity index (χ3n) is 3.66. The van der Waals surface area contributed by atoms with E-state index in [4.69, 9.17) is 11.6 Å². The van der Waals surface area contributed by atoms with Gasteiger partial charge in [-0.05, 0) is 30.2 Å². The van der Waals surface area contributed by atoms with Crippen LogP contribution in [0.3, 0.4) is 0 Å². The van der Waals surface area contributed by atoms with Gasteiger partial charge in [-0.1, -0.05) is 11.6 Å². The molecule has 1 aromatic rings. The van der Waals surface area contributed by atoms with E-state index in [0.717, 1.165) is 25.2 Å². The van der Waals surface area contributed by atoms with Crippen LogP contribution in [0.2, 0.25) is 5.02 Å². The molecule has 0 aliphatic carbocycles. The Morgan fingerprint density at radius 1 is 1.24 bits per heavy atom. The maximum Gasteiger partial charge on any atom is 0.416 e. The Bertz CT molecular complexity index is 473. The van der Waals surface area contributed by atoms with Crippen molar-refractivity contribution in [2.75, 3.05) is 32.9 Å². The molecule has 1 fully saturated rings. The normalized spacial score (nSPS) is 18.7. The third-order valence-corrected chi connectivity index (χ3v) is 4.00. The number of nitrogens with zero attached hydrogens (tertiary/aromatic N) is 1. The van der Waals surface area contributed by atoms with Crippen LogP contribution in [0.5, 0.6) is 0 Å². The fourth-order valence-electron chi connectivity index (χ4n) is 2.61. The van der Waals surface area contributed by atoms with Gasteiger partial charge in [0.2, 0.25) is 0 Å². The molecule has 0 radical (unpaired) electrons. The van der Waals surface area contributed by atoms with Gasteiger partial charge in [0, 0.05) is 37.2 Å². The molecule has 118 valence electrons. The number of hydrogen-bond donors (Lipinski definition) is 1. The number of alkyl halides is 4. The first-order valence-corrected chi connectivity index (χ1v) is 7.18. The Labute approximate surface area is 126 Å². The molecule has 0 aromatic heterocycles. The van der Waals surface area contributed by atoms with E-state index in [9.17, 15) is 17.6 Å². The summed E-state index contributed by atoms with van der Waals surface area (Å²) in [6.45, 7) is 2.20. The molecule has 0 amide bonds. The zero-order valence-electron chi connectivity index (χ0n) is 11.4. The summed E-state index contributed by atoms with van der Waals surface area (Å²) in [5.74, 6) is 0. The highest BCUT2D eigenvalue weighted by Gasteiger charge is 2.32. The van der Waals surface area contributed by atoms with Gasteiger partial charge >= 0.3 is 6.18 Å². The standard InChI is InChI=1S/C14H17ClF4N2/c15-12-2-1-10(14(17,18)19)9-11(12)13(3-4-16)21-7-5-20-6-8-21/h1-2,9,13,20H,3-8H2/t13-/m0/s1. The predicted octanol–water partition coefficient (Wildman–Crippen LogP) is 3.66. The number of piperazine rings is 1. The average molecular weight is 325 g/mol. The lowest BCUT2D eigenvalue weighted by atomic mass is 9.99. The fraction of sp³-hybridized carbons (Fsp3) is 0.571. The summed E-state index contributed by atoms with van der Waals surface area (Å²) in [6, 6.07) is 2.82. The van der Waals surface area contributed by atoms with E-state index in [1.54, 1.807) is 0 Å². The van der Waals surface area contributed by atoms with E-state index in [2.05, 4.69) is 5.32 Å². The molecular formula is C14H17ClF4N2. The molecule has 1 aliphatic rings. The Morgan fingerprint density at radius 3 is 2.48 bits per heavy atom. The molecule has 21 heavy (non-hydrogen) atoms. The number of hydrogen-bond acceptors (Lipinski definition) is 2. The molecule has 0 unspecified atom stereocenters. The molecule has 2 nitrogen and oxygen atoms in total. The Morgan fingerprint density at radius 2 is 1.90 bits per heavy atom. The van der Waals surface area contributed by atoms with Crippen LogP contribution >= 0.6 is 11.6 Å². The van der Waals surface area contributed by atoms with Gasteiger partial charge in [-0.3, -0.25) is 9.29 Å². The molecule has 1 aromatic carbocycles. The van der Waals surface area contributed by atoms with E-state index < -0.39 is 24.5 Å². The lowest BCUT2D eigenvalue weighted by Gasteiger charge is -2.35. The summed E-state index contributed by atoms with van der Waals surface area (Å²) >= 11 is 6.06. The molecule has 1 atom stereocenters. The van der Waals surface area contributed by atoms with Crippen LogP contribution in [-0.4, -0.2) is 37.8 Å². The number of benzene rings is 1. The summed E-state index contributed by atoms with van der Waals surface area (Å²) < 4.78 is 51.4. The minimum absolute atomic E-state index is 0.140. The maximum atomic E-state index is 12.9. The number of halogens is 5. The molecule has 0 spiro atoms. The number of nitrogens with one attached hydrogen (secondary N) is 1. The van der Waals surface area contributed by atoms with E-state index in [0.29, 0.717) is 18.7 Å². The molecule has 1 N–H and O–H groups in total. The van der Waals surface area contributed by atoms with Gasteiger partial charge in [-0.2, -0.15) is 13.2 Å². The SMILES string of the molecule is FCC[C@@H](c1cc(C(F)(F)F)ccc1Cl)N1CCNCC1. The molecule has 0 bridgehead atoms. The minimum Gasteiger partial charge on any atom is -0.314 e. The summed E-state index contributed by atoms with van der Waals surface area (Å²) in [4.78, 5) is 1.98. The molecule has 1 saturated heterocycles. The smallest absolute Gasteiger partial charge is 0.314 e. The van der Waals surface area contributed by atoms with Crippen molar-refractivity contribution >= 4 is 11.6 Å². The van der Waals surface area contributed by atoms with Crippen LogP contribution in [0.15, 0.2) is 18.2 Å². The topological polar surface area (TPSA) is 15.3 Å². The van der Waals surface area contributed by atoms with Gasteiger partial charge in [0.25, 0.3) is 0 Å². The summed E-state index contributed by atoms with van der Waals surface area (Å²) in [6.07, 6.45) is -4.29. The van der Waals surface area contributed by atoms with Gasteiger partial charge in [0.15, 0.2) is 0 Å². The van der Waals surface area contributed by atoms with E-state index in [1.807, 2.05) is 4.90 Å². The lowest BCUT2D eigenvalue weighted by molar-refractivity contribution is -0.137. The third kappa shape index (κ3) is 4.08. The first kappa shape index (κ1) is 16.5.